The van der Waals surface area contributed by atoms with Crippen molar-refractivity contribution in [2.45, 2.75) is 25.8 Å². The van der Waals surface area contributed by atoms with Crippen molar-refractivity contribution in [2.75, 3.05) is 19.6 Å². The first-order valence-corrected chi connectivity index (χ1v) is 8.33. The standard InChI is InChI=1S/C18H22N4O2.2ClH/c1-2-10-22(15-6-7-19-12-15)18(23)14-4-3-5-16(11-14)24-17-13-20-8-9-21-17;;/h3-5,8-9,11,13,15,19H,2,6-7,10,12H2,1H3;2*1H. The number of hydrogen-bond donors (Lipinski definition) is 1. The molecule has 1 aliphatic rings. The Kier molecular flexibility index (Phi) is 9.34. The normalized spacial score (nSPS) is 15.5. The molecule has 1 unspecified atom stereocenters. The summed E-state index contributed by atoms with van der Waals surface area (Å²) >= 11 is 0. The van der Waals surface area contributed by atoms with Crippen LogP contribution in [-0.2, 0) is 0 Å². The second-order valence-electron chi connectivity index (χ2n) is 5.82. The van der Waals surface area contributed by atoms with Gasteiger partial charge in [-0.25, -0.2) is 4.98 Å². The molecule has 3 rings (SSSR count). The molecule has 2 aromatic rings. The molecule has 1 aromatic carbocycles. The third-order valence-electron chi connectivity index (χ3n) is 4.04. The number of hydrogen-bond acceptors (Lipinski definition) is 5. The summed E-state index contributed by atoms with van der Waals surface area (Å²) in [6.45, 7) is 4.69. The third-order valence-corrected chi connectivity index (χ3v) is 4.04. The van der Waals surface area contributed by atoms with Crippen LogP contribution in [0.5, 0.6) is 11.6 Å². The smallest absolute Gasteiger partial charge is 0.254 e. The van der Waals surface area contributed by atoms with Crippen molar-refractivity contribution < 1.29 is 9.53 Å². The molecule has 1 aliphatic heterocycles. The number of rotatable bonds is 6. The summed E-state index contributed by atoms with van der Waals surface area (Å²) in [5.74, 6) is 1.05. The fraction of sp³-hybridized carbons (Fsp3) is 0.389. The van der Waals surface area contributed by atoms with E-state index in [-0.39, 0.29) is 36.8 Å². The molecule has 142 valence electrons. The van der Waals surface area contributed by atoms with Gasteiger partial charge in [0.2, 0.25) is 5.88 Å². The van der Waals surface area contributed by atoms with Gasteiger partial charge >= 0.3 is 0 Å². The minimum Gasteiger partial charge on any atom is -0.437 e. The van der Waals surface area contributed by atoms with Gasteiger partial charge in [0.1, 0.15) is 5.75 Å². The Labute approximate surface area is 166 Å². The van der Waals surface area contributed by atoms with E-state index >= 15 is 0 Å². The molecule has 6 nitrogen and oxygen atoms in total. The fourth-order valence-corrected chi connectivity index (χ4v) is 2.91. The predicted octanol–water partition coefficient (Wildman–Crippen LogP) is 3.33. The zero-order valence-corrected chi connectivity index (χ0v) is 16.3. The quantitative estimate of drug-likeness (QED) is 0.807. The Balaban J connectivity index is 0.00000169. The molecule has 1 saturated heterocycles. The van der Waals surface area contributed by atoms with Crippen molar-refractivity contribution in [1.29, 1.82) is 0 Å². The van der Waals surface area contributed by atoms with Crippen molar-refractivity contribution in [1.82, 2.24) is 20.2 Å². The molecule has 1 N–H and O–H groups in total. The summed E-state index contributed by atoms with van der Waals surface area (Å²) in [5.41, 5.74) is 0.636. The largest absolute Gasteiger partial charge is 0.437 e. The van der Waals surface area contributed by atoms with Crippen LogP contribution in [0.15, 0.2) is 42.9 Å². The average Bonchev–Trinajstić information content (AvgIpc) is 3.14. The second-order valence-corrected chi connectivity index (χ2v) is 5.82. The predicted molar refractivity (Wildman–Crippen MR) is 106 cm³/mol. The highest BCUT2D eigenvalue weighted by atomic mass is 35.5. The number of carbonyl (C=O) groups excluding carboxylic acids is 1. The van der Waals surface area contributed by atoms with Crippen LogP contribution in [0.3, 0.4) is 0 Å². The van der Waals surface area contributed by atoms with Gasteiger partial charge in [-0.15, -0.1) is 24.8 Å². The first kappa shape index (κ1) is 22.2. The highest BCUT2D eigenvalue weighted by Crippen LogP contribution is 2.21. The molecule has 1 amide bonds. The van der Waals surface area contributed by atoms with Crippen LogP contribution >= 0.6 is 24.8 Å². The summed E-state index contributed by atoms with van der Waals surface area (Å²) in [6.07, 6.45) is 6.65. The SMILES string of the molecule is CCCN(C(=O)c1cccc(Oc2cnccn2)c1)C1CCNC1.Cl.Cl. The number of benzene rings is 1. The Morgan fingerprint density at radius 3 is 2.85 bits per heavy atom. The maximum Gasteiger partial charge on any atom is 0.254 e. The molecular formula is C18H24Cl2N4O2. The molecule has 26 heavy (non-hydrogen) atoms. The maximum atomic E-state index is 12.9. The van der Waals surface area contributed by atoms with Crippen molar-refractivity contribution in [2.24, 2.45) is 0 Å². The maximum absolute atomic E-state index is 12.9. The van der Waals surface area contributed by atoms with Gasteiger partial charge in [-0.2, -0.15) is 0 Å². The average molecular weight is 399 g/mol. The zero-order valence-electron chi connectivity index (χ0n) is 14.6. The minimum absolute atomic E-state index is 0. The first-order valence-electron chi connectivity index (χ1n) is 8.33. The number of nitrogens with zero attached hydrogens (tertiary/aromatic N) is 3. The monoisotopic (exact) mass is 398 g/mol. The van der Waals surface area contributed by atoms with Crippen molar-refractivity contribution in [3.8, 4) is 11.6 Å². The van der Waals surface area contributed by atoms with Crippen molar-refractivity contribution >= 4 is 30.7 Å². The van der Waals surface area contributed by atoms with Crippen molar-refractivity contribution in [3.63, 3.8) is 0 Å². The van der Waals surface area contributed by atoms with Gasteiger partial charge in [0, 0.05) is 37.1 Å². The van der Waals surface area contributed by atoms with Gasteiger partial charge in [-0.1, -0.05) is 13.0 Å². The first-order chi connectivity index (χ1) is 11.8. The van der Waals surface area contributed by atoms with Gasteiger partial charge in [0.15, 0.2) is 0 Å². The van der Waals surface area contributed by atoms with Gasteiger partial charge in [0.25, 0.3) is 5.91 Å². The number of aromatic nitrogens is 2. The Bertz CT molecular complexity index is 682. The van der Waals surface area contributed by atoms with Gasteiger partial charge in [-0.05, 0) is 37.6 Å². The van der Waals surface area contributed by atoms with E-state index in [0.29, 0.717) is 17.2 Å². The second kappa shape index (κ2) is 11.0. The molecule has 0 bridgehead atoms. The number of ether oxygens (including phenoxy) is 1. The molecule has 0 spiro atoms. The van der Waals surface area contributed by atoms with E-state index in [1.165, 1.54) is 0 Å². The Hall–Kier alpha value is -1.89. The lowest BCUT2D eigenvalue weighted by Gasteiger charge is -2.28. The summed E-state index contributed by atoms with van der Waals surface area (Å²) in [6, 6.07) is 7.50. The lowest BCUT2D eigenvalue weighted by atomic mass is 10.1. The van der Waals surface area contributed by atoms with Crippen molar-refractivity contribution in [3.05, 3.63) is 48.4 Å². The summed E-state index contributed by atoms with van der Waals surface area (Å²) in [7, 11) is 0. The van der Waals surface area contributed by atoms with Crippen LogP contribution in [0.2, 0.25) is 0 Å². The van der Waals surface area contributed by atoms with Gasteiger partial charge in [-0.3, -0.25) is 9.78 Å². The molecule has 8 heteroatoms. The summed E-state index contributed by atoms with van der Waals surface area (Å²) in [4.78, 5) is 23.0. The van der Waals surface area contributed by atoms with Gasteiger partial charge < -0.3 is 15.0 Å². The van der Waals surface area contributed by atoms with Crippen LogP contribution in [0, 0.1) is 0 Å². The summed E-state index contributed by atoms with van der Waals surface area (Å²) < 4.78 is 5.68. The lowest BCUT2D eigenvalue weighted by Crippen LogP contribution is -2.42. The Morgan fingerprint density at radius 2 is 2.19 bits per heavy atom. The Morgan fingerprint density at radius 1 is 1.35 bits per heavy atom. The molecule has 1 aromatic heterocycles. The molecule has 0 aliphatic carbocycles. The molecule has 0 saturated carbocycles. The molecule has 0 radical (unpaired) electrons. The van der Waals surface area contributed by atoms with E-state index in [1.54, 1.807) is 24.7 Å². The van der Waals surface area contributed by atoms with Crippen LogP contribution in [0.4, 0.5) is 0 Å². The number of nitrogens with one attached hydrogen (secondary N) is 1. The highest BCUT2D eigenvalue weighted by Gasteiger charge is 2.26. The molecule has 1 fully saturated rings. The molecular weight excluding hydrogens is 375 g/mol. The van der Waals surface area contributed by atoms with E-state index in [2.05, 4.69) is 22.2 Å². The number of halogens is 2. The minimum atomic E-state index is 0. The van der Waals surface area contributed by atoms with Crippen LogP contribution in [-0.4, -0.2) is 46.5 Å². The summed E-state index contributed by atoms with van der Waals surface area (Å²) in [5, 5.41) is 3.33. The van der Waals surface area contributed by atoms with E-state index in [9.17, 15) is 4.79 Å². The topological polar surface area (TPSA) is 67.4 Å². The van der Waals surface area contributed by atoms with Crippen LogP contribution in [0.1, 0.15) is 30.1 Å². The van der Waals surface area contributed by atoms with E-state index in [0.717, 1.165) is 32.5 Å². The fourth-order valence-electron chi connectivity index (χ4n) is 2.91. The third kappa shape index (κ3) is 5.56. The van der Waals surface area contributed by atoms with E-state index in [1.807, 2.05) is 23.1 Å². The van der Waals surface area contributed by atoms with Crippen LogP contribution < -0.4 is 10.1 Å². The van der Waals surface area contributed by atoms with Gasteiger partial charge in [0.05, 0.1) is 6.20 Å². The van der Waals surface area contributed by atoms with Crippen LogP contribution in [0.25, 0.3) is 0 Å². The number of carbonyl (C=O) groups is 1. The molecule has 1 atom stereocenters. The zero-order chi connectivity index (χ0) is 16.8. The lowest BCUT2D eigenvalue weighted by molar-refractivity contribution is 0.0692. The van der Waals surface area contributed by atoms with E-state index < -0.39 is 0 Å². The van der Waals surface area contributed by atoms with E-state index in [4.69, 9.17) is 4.74 Å². The molecule has 2 heterocycles. The highest BCUT2D eigenvalue weighted by molar-refractivity contribution is 5.94. The number of amides is 1.